The number of hydrogen-bond donors (Lipinski definition) is 2. The van der Waals surface area contributed by atoms with Crippen molar-refractivity contribution in [3.05, 3.63) is 58.8 Å². The Morgan fingerprint density at radius 2 is 2.04 bits per heavy atom. The van der Waals surface area contributed by atoms with Crippen LogP contribution in [-0.4, -0.2) is 48.3 Å². The Morgan fingerprint density at radius 3 is 2.72 bits per heavy atom. The quantitative estimate of drug-likeness (QED) is 0.750. The van der Waals surface area contributed by atoms with Crippen molar-refractivity contribution in [1.82, 2.24) is 20.5 Å². The van der Waals surface area contributed by atoms with Crippen LogP contribution >= 0.6 is 15.9 Å². The fraction of sp³-hybridized carbons (Fsp3) is 0.333. The summed E-state index contributed by atoms with van der Waals surface area (Å²) in [5, 5.41) is 6.24. The molecule has 1 aliphatic heterocycles. The predicted molar refractivity (Wildman–Crippen MR) is 99.5 cm³/mol. The summed E-state index contributed by atoms with van der Waals surface area (Å²) in [5.41, 5.74) is 1.08. The van der Waals surface area contributed by atoms with Gasteiger partial charge in [-0.1, -0.05) is 28.1 Å². The summed E-state index contributed by atoms with van der Waals surface area (Å²) in [4.78, 5) is 18.4. The molecule has 25 heavy (non-hydrogen) atoms. The van der Waals surface area contributed by atoms with Crippen molar-refractivity contribution in [2.75, 3.05) is 26.2 Å². The van der Waals surface area contributed by atoms with Gasteiger partial charge in [0.15, 0.2) is 6.23 Å². The van der Waals surface area contributed by atoms with Crippen LogP contribution in [0, 0.1) is 0 Å². The van der Waals surface area contributed by atoms with Gasteiger partial charge in [-0.3, -0.25) is 4.98 Å². The van der Waals surface area contributed by atoms with Crippen molar-refractivity contribution in [3.8, 4) is 5.75 Å². The smallest absolute Gasteiger partial charge is 0.320 e. The van der Waals surface area contributed by atoms with E-state index in [1.54, 1.807) is 17.3 Å². The molecule has 1 aromatic carbocycles. The molecule has 0 spiro atoms. The van der Waals surface area contributed by atoms with Crippen LogP contribution in [0.5, 0.6) is 5.75 Å². The number of pyridine rings is 1. The second kappa shape index (κ2) is 8.82. The number of carbonyl (C=O) groups is 1. The normalized spacial score (nSPS) is 15.5. The molecular formula is C18H21BrN4O2. The van der Waals surface area contributed by atoms with E-state index in [4.69, 9.17) is 4.74 Å². The Labute approximate surface area is 155 Å². The average Bonchev–Trinajstić information content (AvgIpc) is 2.65. The third kappa shape index (κ3) is 5.44. The number of halogens is 1. The summed E-state index contributed by atoms with van der Waals surface area (Å²) in [5.74, 6) is 0.630. The first-order valence-corrected chi connectivity index (χ1v) is 9.07. The van der Waals surface area contributed by atoms with Crippen molar-refractivity contribution < 1.29 is 9.53 Å². The molecule has 1 aromatic heterocycles. The number of ether oxygens (including phenoxy) is 1. The summed E-state index contributed by atoms with van der Waals surface area (Å²) in [6.45, 7) is 3.02. The van der Waals surface area contributed by atoms with Gasteiger partial charge in [-0.05, 0) is 29.8 Å². The van der Waals surface area contributed by atoms with Gasteiger partial charge in [0.05, 0.1) is 6.20 Å². The van der Waals surface area contributed by atoms with Crippen LogP contribution in [0.15, 0.2) is 53.3 Å². The maximum atomic E-state index is 12.5. The lowest BCUT2D eigenvalue weighted by Crippen LogP contribution is -2.53. The molecule has 1 aliphatic rings. The fourth-order valence-electron chi connectivity index (χ4n) is 2.63. The van der Waals surface area contributed by atoms with Crippen molar-refractivity contribution in [3.63, 3.8) is 0 Å². The topological polar surface area (TPSA) is 66.5 Å². The molecule has 0 radical (unpaired) electrons. The van der Waals surface area contributed by atoms with Gasteiger partial charge in [0.2, 0.25) is 0 Å². The zero-order valence-electron chi connectivity index (χ0n) is 13.8. The fourth-order valence-corrected chi connectivity index (χ4v) is 2.90. The number of rotatable bonds is 5. The minimum Gasteiger partial charge on any atom is -0.469 e. The highest BCUT2D eigenvalue weighted by molar-refractivity contribution is 9.10. The largest absolute Gasteiger partial charge is 0.469 e. The highest BCUT2D eigenvalue weighted by atomic mass is 79.9. The number of benzene rings is 1. The van der Waals surface area contributed by atoms with E-state index in [9.17, 15) is 4.79 Å². The molecule has 1 fully saturated rings. The van der Waals surface area contributed by atoms with E-state index in [-0.39, 0.29) is 6.03 Å². The van der Waals surface area contributed by atoms with E-state index < -0.39 is 6.23 Å². The van der Waals surface area contributed by atoms with E-state index in [1.165, 1.54) is 0 Å². The first-order valence-electron chi connectivity index (χ1n) is 8.28. The Balaban J connectivity index is 1.68. The van der Waals surface area contributed by atoms with Crippen LogP contribution in [0.3, 0.4) is 0 Å². The summed E-state index contributed by atoms with van der Waals surface area (Å²) >= 11 is 3.44. The highest BCUT2D eigenvalue weighted by Crippen LogP contribution is 2.15. The van der Waals surface area contributed by atoms with E-state index >= 15 is 0 Å². The average molecular weight is 405 g/mol. The molecule has 0 saturated carbocycles. The number of aromatic nitrogens is 1. The third-order valence-corrected chi connectivity index (χ3v) is 4.46. The number of piperazine rings is 1. The molecule has 6 nitrogen and oxygen atoms in total. The summed E-state index contributed by atoms with van der Waals surface area (Å²) in [7, 11) is 0. The van der Waals surface area contributed by atoms with Crippen LogP contribution in [0.2, 0.25) is 0 Å². The second-order valence-electron chi connectivity index (χ2n) is 5.81. The molecule has 3 rings (SSSR count). The van der Waals surface area contributed by atoms with Crippen LogP contribution in [0.1, 0.15) is 5.56 Å². The number of urea groups is 1. The molecule has 2 aromatic rings. The van der Waals surface area contributed by atoms with Crippen LogP contribution < -0.4 is 15.4 Å². The zero-order chi connectivity index (χ0) is 17.5. The predicted octanol–water partition coefficient (Wildman–Crippen LogP) is 2.41. The molecule has 132 valence electrons. The van der Waals surface area contributed by atoms with Gasteiger partial charge in [-0.15, -0.1) is 0 Å². The van der Waals surface area contributed by atoms with Crippen molar-refractivity contribution >= 4 is 22.0 Å². The van der Waals surface area contributed by atoms with Gasteiger partial charge in [-0.25, -0.2) is 4.79 Å². The van der Waals surface area contributed by atoms with Gasteiger partial charge in [-0.2, -0.15) is 0 Å². The third-order valence-electron chi connectivity index (χ3n) is 3.94. The number of nitrogens with zero attached hydrogens (tertiary/aromatic N) is 2. The summed E-state index contributed by atoms with van der Waals surface area (Å²) < 4.78 is 6.98. The van der Waals surface area contributed by atoms with E-state index in [1.807, 2.05) is 36.4 Å². The molecule has 2 heterocycles. The Hall–Kier alpha value is -2.12. The van der Waals surface area contributed by atoms with Crippen molar-refractivity contribution in [2.45, 2.75) is 12.6 Å². The van der Waals surface area contributed by atoms with Gasteiger partial charge in [0.1, 0.15) is 5.75 Å². The molecule has 2 N–H and O–H groups in total. The molecule has 1 saturated heterocycles. The number of carbonyl (C=O) groups excluding carboxylic acids is 1. The highest BCUT2D eigenvalue weighted by Gasteiger charge is 2.21. The molecule has 7 heteroatoms. The lowest BCUT2D eigenvalue weighted by molar-refractivity contribution is 0.139. The van der Waals surface area contributed by atoms with E-state index in [0.29, 0.717) is 25.3 Å². The zero-order valence-corrected chi connectivity index (χ0v) is 15.4. The molecule has 2 amide bonds. The maximum Gasteiger partial charge on any atom is 0.320 e. The minimum absolute atomic E-state index is 0.104. The number of amides is 2. The minimum atomic E-state index is -0.465. The van der Waals surface area contributed by atoms with E-state index in [2.05, 4.69) is 31.5 Å². The monoisotopic (exact) mass is 404 g/mol. The molecule has 0 bridgehead atoms. The number of nitrogens with one attached hydrogen (secondary N) is 2. The van der Waals surface area contributed by atoms with Gasteiger partial charge in [0, 0.05) is 43.3 Å². The standard InChI is InChI=1S/C18H21BrN4O2/c19-15-5-3-14(4-6-15)12-17(25-16-2-1-7-21-13-16)22-18(24)23-10-8-20-9-11-23/h1-7,13,17,20H,8-12H2,(H,22,24). The lowest BCUT2D eigenvalue weighted by atomic mass is 10.1. The first kappa shape index (κ1) is 17.7. The van der Waals surface area contributed by atoms with E-state index in [0.717, 1.165) is 23.1 Å². The van der Waals surface area contributed by atoms with Gasteiger partial charge in [0.25, 0.3) is 0 Å². The Bertz CT molecular complexity index is 675. The van der Waals surface area contributed by atoms with Gasteiger partial charge < -0.3 is 20.3 Å². The molecule has 0 aliphatic carbocycles. The summed E-state index contributed by atoms with van der Waals surface area (Å²) in [6, 6.07) is 11.5. The SMILES string of the molecule is O=C(NC(Cc1ccc(Br)cc1)Oc1cccnc1)N1CCNCC1. The number of hydrogen-bond acceptors (Lipinski definition) is 4. The maximum absolute atomic E-state index is 12.5. The van der Waals surface area contributed by atoms with Crippen molar-refractivity contribution in [1.29, 1.82) is 0 Å². The van der Waals surface area contributed by atoms with Crippen LogP contribution in [-0.2, 0) is 6.42 Å². The Kier molecular flexibility index (Phi) is 6.25. The molecule has 1 unspecified atom stereocenters. The Morgan fingerprint density at radius 1 is 1.28 bits per heavy atom. The molecular weight excluding hydrogens is 384 g/mol. The van der Waals surface area contributed by atoms with Gasteiger partial charge >= 0.3 is 6.03 Å². The lowest BCUT2D eigenvalue weighted by Gasteiger charge is -2.30. The first-order chi connectivity index (χ1) is 12.2. The summed E-state index contributed by atoms with van der Waals surface area (Å²) in [6.07, 6.45) is 3.44. The molecule has 1 atom stereocenters. The van der Waals surface area contributed by atoms with Crippen LogP contribution in [0.25, 0.3) is 0 Å². The second-order valence-corrected chi connectivity index (χ2v) is 6.73. The van der Waals surface area contributed by atoms with Crippen LogP contribution in [0.4, 0.5) is 4.79 Å². The van der Waals surface area contributed by atoms with Crippen molar-refractivity contribution in [2.24, 2.45) is 0 Å².